The molecule has 1 aromatic heterocycles. The van der Waals surface area contributed by atoms with E-state index in [9.17, 15) is 4.79 Å². The van der Waals surface area contributed by atoms with Crippen molar-refractivity contribution < 1.29 is 4.79 Å². The first kappa shape index (κ1) is 12.1. The fraction of sp³-hybridized carbons (Fsp3) is 0.182. The summed E-state index contributed by atoms with van der Waals surface area (Å²) in [5, 5.41) is 7.91. The molecule has 4 nitrogen and oxygen atoms in total. The fourth-order valence-electron chi connectivity index (χ4n) is 1.27. The number of hydrogen-bond donors (Lipinski definition) is 1. The van der Waals surface area contributed by atoms with Crippen LogP contribution in [0.15, 0.2) is 28.3 Å². The monoisotopic (exact) mass is 267 g/mol. The van der Waals surface area contributed by atoms with E-state index in [1.165, 1.54) is 18.7 Å². The molecule has 6 heteroatoms. The first-order valence-corrected chi connectivity index (χ1v) is 6.13. The van der Waals surface area contributed by atoms with Gasteiger partial charge in [-0.05, 0) is 37.7 Å². The minimum absolute atomic E-state index is 0.00260. The molecule has 0 aliphatic carbocycles. The third-order valence-electron chi connectivity index (χ3n) is 2.12. The van der Waals surface area contributed by atoms with Gasteiger partial charge in [-0.1, -0.05) is 17.7 Å². The number of H-pyrrole nitrogens is 1. The number of aromatic nitrogens is 3. The summed E-state index contributed by atoms with van der Waals surface area (Å²) in [5.74, 6) is 0.751. The molecule has 88 valence electrons. The van der Waals surface area contributed by atoms with Crippen molar-refractivity contribution >= 4 is 29.1 Å². The van der Waals surface area contributed by atoms with Crippen LogP contribution in [0.4, 0.5) is 0 Å². The van der Waals surface area contributed by atoms with Gasteiger partial charge < -0.3 is 0 Å². The van der Waals surface area contributed by atoms with Crippen molar-refractivity contribution in [3.05, 3.63) is 34.6 Å². The molecule has 0 unspecified atom stereocenters. The molecule has 1 aromatic carbocycles. The van der Waals surface area contributed by atoms with Crippen LogP contribution in [0.3, 0.4) is 0 Å². The molecular formula is C11H10ClN3OS. The zero-order valence-electron chi connectivity index (χ0n) is 9.32. The van der Waals surface area contributed by atoms with Crippen LogP contribution in [0.1, 0.15) is 23.1 Å². The second-order valence-electron chi connectivity index (χ2n) is 3.51. The first-order valence-electron chi connectivity index (χ1n) is 4.93. The molecule has 1 N–H and O–H groups in total. The summed E-state index contributed by atoms with van der Waals surface area (Å²) in [4.78, 5) is 16.2. The Morgan fingerprint density at radius 1 is 1.47 bits per heavy atom. The second-order valence-corrected chi connectivity index (χ2v) is 4.92. The van der Waals surface area contributed by atoms with Crippen molar-refractivity contribution in [1.82, 2.24) is 15.2 Å². The molecule has 0 spiro atoms. The molecule has 2 aromatic rings. The van der Waals surface area contributed by atoms with Crippen molar-refractivity contribution in [2.75, 3.05) is 0 Å². The number of nitrogens with one attached hydrogen (secondary N) is 1. The van der Waals surface area contributed by atoms with Gasteiger partial charge in [-0.15, -0.1) is 5.10 Å². The number of ketones is 1. The highest BCUT2D eigenvalue weighted by Crippen LogP contribution is 2.31. The number of hydrogen-bond acceptors (Lipinski definition) is 4. The van der Waals surface area contributed by atoms with Gasteiger partial charge >= 0.3 is 0 Å². The van der Waals surface area contributed by atoms with Crippen molar-refractivity contribution in [2.24, 2.45) is 0 Å². The Morgan fingerprint density at radius 3 is 2.76 bits per heavy atom. The minimum Gasteiger partial charge on any atom is -0.295 e. The van der Waals surface area contributed by atoms with E-state index in [0.29, 0.717) is 15.7 Å². The van der Waals surface area contributed by atoms with E-state index >= 15 is 0 Å². The number of Topliss-reactive ketones (excluding diaryl/α,β-unsaturated/α-hetero) is 1. The number of halogens is 1. The van der Waals surface area contributed by atoms with Gasteiger partial charge in [-0.25, -0.2) is 4.98 Å². The standard InChI is InChI=1S/C11H10ClN3OS/c1-6(16)8-3-4-10(9(12)5-8)17-11-13-7(2)14-15-11/h3-5H,1-2H3,(H,13,14,15). The third-order valence-corrected chi connectivity index (χ3v) is 3.48. The predicted octanol–water partition coefficient (Wildman–Crippen LogP) is 3.12. The maximum Gasteiger partial charge on any atom is 0.213 e. The fourth-order valence-corrected chi connectivity index (χ4v) is 2.33. The number of benzene rings is 1. The molecule has 1 heterocycles. The summed E-state index contributed by atoms with van der Waals surface area (Å²) in [5.41, 5.74) is 0.602. The molecule has 0 aliphatic rings. The highest BCUT2D eigenvalue weighted by atomic mass is 35.5. The van der Waals surface area contributed by atoms with Gasteiger partial charge in [0.1, 0.15) is 5.82 Å². The van der Waals surface area contributed by atoms with Crippen molar-refractivity contribution in [2.45, 2.75) is 23.9 Å². The Balaban J connectivity index is 2.25. The molecule has 0 fully saturated rings. The van der Waals surface area contributed by atoms with Crippen LogP contribution >= 0.6 is 23.4 Å². The molecule has 0 radical (unpaired) electrons. The molecule has 0 aliphatic heterocycles. The summed E-state index contributed by atoms with van der Waals surface area (Å²) in [6.07, 6.45) is 0. The molecule has 2 rings (SSSR count). The van der Waals surface area contributed by atoms with Crippen LogP contribution < -0.4 is 0 Å². The van der Waals surface area contributed by atoms with Crippen LogP contribution in [-0.2, 0) is 0 Å². The van der Waals surface area contributed by atoms with Gasteiger partial charge in [0.2, 0.25) is 5.16 Å². The Kier molecular flexibility index (Phi) is 3.49. The Bertz CT molecular complexity index is 568. The lowest BCUT2D eigenvalue weighted by Gasteiger charge is -2.02. The number of aromatic amines is 1. The summed E-state index contributed by atoms with van der Waals surface area (Å²) in [7, 11) is 0. The Labute approximate surface area is 108 Å². The number of carbonyl (C=O) groups is 1. The Morgan fingerprint density at radius 2 is 2.24 bits per heavy atom. The van der Waals surface area contributed by atoms with E-state index in [2.05, 4.69) is 15.2 Å². The summed E-state index contributed by atoms with van der Waals surface area (Å²) >= 11 is 7.45. The second kappa shape index (κ2) is 4.89. The van der Waals surface area contributed by atoms with Crippen molar-refractivity contribution in [3.63, 3.8) is 0 Å². The number of carbonyl (C=O) groups excluding carboxylic acids is 1. The van der Waals surface area contributed by atoms with Gasteiger partial charge in [0.25, 0.3) is 0 Å². The summed E-state index contributed by atoms with van der Waals surface area (Å²) in [6.45, 7) is 3.34. The number of aryl methyl sites for hydroxylation is 1. The lowest BCUT2D eigenvalue weighted by Crippen LogP contribution is -1.91. The van der Waals surface area contributed by atoms with Crippen LogP contribution in [0, 0.1) is 6.92 Å². The maximum atomic E-state index is 11.2. The quantitative estimate of drug-likeness (QED) is 0.868. The molecule has 0 saturated heterocycles. The van der Waals surface area contributed by atoms with Crippen LogP contribution in [0.2, 0.25) is 5.02 Å². The average molecular weight is 268 g/mol. The van der Waals surface area contributed by atoms with Crippen LogP contribution in [0.5, 0.6) is 0 Å². The van der Waals surface area contributed by atoms with Gasteiger partial charge in [0, 0.05) is 10.5 Å². The van der Waals surface area contributed by atoms with Gasteiger partial charge in [0.05, 0.1) is 5.02 Å². The third kappa shape index (κ3) is 2.87. The predicted molar refractivity (Wildman–Crippen MR) is 66.7 cm³/mol. The largest absolute Gasteiger partial charge is 0.295 e. The Hall–Kier alpha value is -1.33. The highest BCUT2D eigenvalue weighted by Gasteiger charge is 2.09. The van der Waals surface area contributed by atoms with E-state index in [4.69, 9.17) is 11.6 Å². The van der Waals surface area contributed by atoms with E-state index in [1.807, 2.05) is 6.92 Å². The summed E-state index contributed by atoms with van der Waals surface area (Å²) < 4.78 is 0. The highest BCUT2D eigenvalue weighted by molar-refractivity contribution is 7.99. The smallest absolute Gasteiger partial charge is 0.213 e. The molecular weight excluding hydrogens is 258 g/mol. The van der Waals surface area contributed by atoms with E-state index in [-0.39, 0.29) is 5.78 Å². The van der Waals surface area contributed by atoms with E-state index in [1.54, 1.807) is 18.2 Å². The zero-order valence-corrected chi connectivity index (χ0v) is 10.9. The maximum absolute atomic E-state index is 11.2. The molecule has 0 bridgehead atoms. The topological polar surface area (TPSA) is 58.6 Å². The van der Waals surface area contributed by atoms with Gasteiger partial charge in [0.15, 0.2) is 5.78 Å². The van der Waals surface area contributed by atoms with E-state index in [0.717, 1.165) is 10.7 Å². The summed E-state index contributed by atoms with van der Waals surface area (Å²) in [6, 6.07) is 5.21. The molecule has 17 heavy (non-hydrogen) atoms. The SMILES string of the molecule is CC(=O)c1ccc(Sc2n[nH]c(C)n2)c(Cl)c1. The van der Waals surface area contributed by atoms with E-state index < -0.39 is 0 Å². The van der Waals surface area contributed by atoms with Crippen LogP contribution in [-0.4, -0.2) is 21.0 Å². The van der Waals surface area contributed by atoms with Gasteiger partial charge in [-0.3, -0.25) is 9.89 Å². The lowest BCUT2D eigenvalue weighted by molar-refractivity contribution is 0.101. The number of rotatable bonds is 3. The van der Waals surface area contributed by atoms with Crippen molar-refractivity contribution in [3.8, 4) is 0 Å². The van der Waals surface area contributed by atoms with Crippen molar-refractivity contribution in [1.29, 1.82) is 0 Å². The van der Waals surface area contributed by atoms with Crippen LogP contribution in [0.25, 0.3) is 0 Å². The molecule has 0 atom stereocenters. The zero-order chi connectivity index (χ0) is 12.4. The minimum atomic E-state index is -0.00260. The molecule has 0 saturated carbocycles. The number of nitrogens with zero attached hydrogens (tertiary/aromatic N) is 2. The first-order chi connectivity index (χ1) is 8.06. The molecule has 0 amide bonds. The van der Waals surface area contributed by atoms with Gasteiger partial charge in [-0.2, -0.15) is 0 Å². The lowest BCUT2D eigenvalue weighted by atomic mass is 10.1. The average Bonchev–Trinajstić information content (AvgIpc) is 2.67. The normalized spacial score (nSPS) is 10.5.